The van der Waals surface area contributed by atoms with Gasteiger partial charge in [0.1, 0.15) is 17.6 Å². The molecule has 1 saturated carbocycles. The molecular weight excluding hydrogens is 380 g/mol. The number of ether oxygens (including phenoxy) is 2. The molecule has 1 atom stereocenters. The minimum absolute atomic E-state index is 0.0419. The molecule has 6 nitrogen and oxygen atoms in total. The van der Waals surface area contributed by atoms with Crippen molar-refractivity contribution in [1.29, 1.82) is 0 Å². The molecule has 2 heterocycles. The van der Waals surface area contributed by atoms with E-state index in [2.05, 4.69) is 11.5 Å². The van der Waals surface area contributed by atoms with E-state index in [1.807, 2.05) is 19.1 Å². The summed E-state index contributed by atoms with van der Waals surface area (Å²) >= 11 is 0. The summed E-state index contributed by atoms with van der Waals surface area (Å²) in [4.78, 5) is 15.2. The highest BCUT2D eigenvalue weighted by atomic mass is 16.5. The van der Waals surface area contributed by atoms with Crippen molar-refractivity contribution in [3.8, 4) is 11.5 Å². The summed E-state index contributed by atoms with van der Waals surface area (Å²) in [5, 5.41) is 10.9. The summed E-state index contributed by atoms with van der Waals surface area (Å²) in [6, 6.07) is 6.12. The Morgan fingerprint density at radius 3 is 2.40 bits per heavy atom. The molecule has 162 valence electrons. The average molecular weight is 413 g/mol. The molecular formula is C24H32N2O4. The summed E-state index contributed by atoms with van der Waals surface area (Å²) in [5.74, 6) is 1.25. The summed E-state index contributed by atoms with van der Waals surface area (Å²) in [7, 11) is 3.19. The van der Waals surface area contributed by atoms with Crippen LogP contribution in [0, 0.1) is 13.8 Å². The number of benzene rings is 1. The van der Waals surface area contributed by atoms with Crippen LogP contribution in [-0.4, -0.2) is 41.2 Å². The SMILES string of the molecule is COc1ccc(OC)c2c1CN(C(=O)c1cc(C)n(C3CCCCC3)c1C)CC2O. The van der Waals surface area contributed by atoms with E-state index >= 15 is 0 Å². The zero-order chi connectivity index (χ0) is 21.4. The maximum Gasteiger partial charge on any atom is 0.256 e. The standard InChI is InChI=1S/C24H32N2O4/c1-15-12-18(16(2)26(15)17-8-6-5-7-9-17)24(28)25-13-19-21(29-3)10-11-22(30-4)23(19)20(27)14-25/h10-12,17,20,27H,5-9,13-14H2,1-4H3. The molecule has 1 unspecified atom stereocenters. The van der Waals surface area contributed by atoms with Gasteiger partial charge >= 0.3 is 0 Å². The van der Waals surface area contributed by atoms with Gasteiger partial charge in [0.25, 0.3) is 5.91 Å². The van der Waals surface area contributed by atoms with E-state index in [1.54, 1.807) is 25.2 Å². The molecule has 4 rings (SSSR count). The second kappa shape index (κ2) is 8.34. The van der Waals surface area contributed by atoms with Crippen LogP contribution in [-0.2, 0) is 6.54 Å². The normalized spacial score (nSPS) is 19.5. The Morgan fingerprint density at radius 2 is 1.73 bits per heavy atom. The Bertz CT molecular complexity index is 943. The largest absolute Gasteiger partial charge is 0.496 e. The molecule has 0 saturated heterocycles. The highest BCUT2D eigenvalue weighted by molar-refractivity contribution is 5.96. The van der Waals surface area contributed by atoms with Gasteiger partial charge in [-0.05, 0) is 44.9 Å². The van der Waals surface area contributed by atoms with Crippen molar-refractivity contribution in [1.82, 2.24) is 9.47 Å². The summed E-state index contributed by atoms with van der Waals surface area (Å²) in [5.41, 5.74) is 4.43. The van der Waals surface area contributed by atoms with E-state index in [1.165, 1.54) is 32.1 Å². The average Bonchev–Trinajstić information content (AvgIpc) is 3.06. The predicted octanol–water partition coefficient (Wildman–Crippen LogP) is 4.32. The Morgan fingerprint density at radius 1 is 1.07 bits per heavy atom. The number of amides is 1. The van der Waals surface area contributed by atoms with E-state index in [0.29, 0.717) is 29.6 Å². The molecule has 0 bridgehead atoms. The van der Waals surface area contributed by atoms with Crippen molar-refractivity contribution in [2.24, 2.45) is 0 Å². The summed E-state index contributed by atoms with van der Waals surface area (Å²) in [6.45, 7) is 4.76. The van der Waals surface area contributed by atoms with E-state index in [-0.39, 0.29) is 12.5 Å². The first-order valence-corrected chi connectivity index (χ1v) is 10.9. The highest BCUT2D eigenvalue weighted by Crippen LogP contribution is 2.40. The fourth-order valence-corrected chi connectivity index (χ4v) is 5.30. The van der Waals surface area contributed by atoms with E-state index in [9.17, 15) is 9.90 Å². The summed E-state index contributed by atoms with van der Waals surface area (Å²) < 4.78 is 13.3. The number of hydrogen-bond acceptors (Lipinski definition) is 4. The number of aliphatic hydroxyl groups is 1. The topological polar surface area (TPSA) is 63.9 Å². The highest BCUT2D eigenvalue weighted by Gasteiger charge is 2.34. The Kier molecular flexibility index (Phi) is 5.78. The molecule has 1 fully saturated rings. The lowest BCUT2D eigenvalue weighted by atomic mass is 9.94. The van der Waals surface area contributed by atoms with Crippen LogP contribution in [0.15, 0.2) is 18.2 Å². The number of carbonyl (C=O) groups excluding carboxylic acids is 1. The van der Waals surface area contributed by atoms with Crippen molar-refractivity contribution < 1.29 is 19.4 Å². The number of rotatable bonds is 4. The number of aromatic nitrogens is 1. The number of β-amino-alcohol motifs (C(OH)–C–C–N with tert-alkyl or cyclic N) is 1. The lowest BCUT2D eigenvalue weighted by molar-refractivity contribution is 0.0537. The van der Waals surface area contributed by atoms with Crippen LogP contribution >= 0.6 is 0 Å². The van der Waals surface area contributed by atoms with Crippen molar-refractivity contribution in [3.63, 3.8) is 0 Å². The first-order valence-electron chi connectivity index (χ1n) is 10.9. The number of methoxy groups -OCH3 is 2. The molecule has 1 aromatic heterocycles. The van der Waals surface area contributed by atoms with Gasteiger partial charge in [0.15, 0.2) is 0 Å². The van der Waals surface area contributed by atoms with Crippen molar-refractivity contribution >= 4 is 5.91 Å². The fourth-order valence-electron chi connectivity index (χ4n) is 5.30. The predicted molar refractivity (Wildman–Crippen MR) is 115 cm³/mol. The van der Waals surface area contributed by atoms with Crippen LogP contribution in [0.4, 0.5) is 0 Å². The molecule has 0 radical (unpaired) electrons. The molecule has 0 spiro atoms. The lowest BCUT2D eigenvalue weighted by Gasteiger charge is -2.34. The van der Waals surface area contributed by atoms with Gasteiger partial charge in [-0.2, -0.15) is 0 Å². The van der Waals surface area contributed by atoms with Crippen molar-refractivity contribution in [2.75, 3.05) is 20.8 Å². The molecule has 6 heteroatoms. The van der Waals surface area contributed by atoms with Crippen LogP contribution in [0.2, 0.25) is 0 Å². The van der Waals surface area contributed by atoms with Gasteiger partial charge in [0, 0.05) is 28.6 Å². The van der Waals surface area contributed by atoms with Gasteiger partial charge in [-0.25, -0.2) is 0 Å². The molecule has 1 aliphatic carbocycles. The fraction of sp³-hybridized carbons (Fsp3) is 0.542. The summed E-state index contributed by atoms with van der Waals surface area (Å²) in [6.07, 6.45) is 5.35. The van der Waals surface area contributed by atoms with Gasteiger partial charge in [-0.15, -0.1) is 0 Å². The number of carbonyl (C=O) groups is 1. The van der Waals surface area contributed by atoms with Crippen LogP contribution in [0.25, 0.3) is 0 Å². The first kappa shape index (κ1) is 20.8. The number of aliphatic hydroxyl groups excluding tert-OH is 1. The lowest BCUT2D eigenvalue weighted by Crippen LogP contribution is -2.39. The van der Waals surface area contributed by atoms with Crippen LogP contribution in [0.1, 0.15) is 77.1 Å². The van der Waals surface area contributed by atoms with Gasteiger partial charge in [0.2, 0.25) is 0 Å². The molecule has 2 aromatic rings. The zero-order valence-corrected chi connectivity index (χ0v) is 18.4. The van der Waals surface area contributed by atoms with Crippen molar-refractivity contribution in [2.45, 2.75) is 64.6 Å². The number of hydrogen-bond donors (Lipinski definition) is 1. The Hall–Kier alpha value is -2.47. The van der Waals surface area contributed by atoms with Crippen LogP contribution < -0.4 is 9.47 Å². The minimum Gasteiger partial charge on any atom is -0.496 e. The maximum atomic E-state index is 13.5. The van der Waals surface area contributed by atoms with Gasteiger partial charge in [-0.1, -0.05) is 19.3 Å². The Balaban J connectivity index is 1.66. The van der Waals surface area contributed by atoms with Gasteiger partial charge < -0.3 is 24.0 Å². The van der Waals surface area contributed by atoms with Gasteiger partial charge in [0.05, 0.1) is 32.9 Å². The van der Waals surface area contributed by atoms with Gasteiger partial charge in [-0.3, -0.25) is 4.79 Å². The molecule has 1 amide bonds. The van der Waals surface area contributed by atoms with E-state index in [4.69, 9.17) is 9.47 Å². The van der Waals surface area contributed by atoms with E-state index in [0.717, 1.165) is 22.5 Å². The zero-order valence-electron chi connectivity index (χ0n) is 18.4. The number of aryl methyl sites for hydroxylation is 1. The minimum atomic E-state index is -0.815. The molecule has 1 aromatic carbocycles. The van der Waals surface area contributed by atoms with Crippen LogP contribution in [0.3, 0.4) is 0 Å². The quantitative estimate of drug-likeness (QED) is 0.812. The monoisotopic (exact) mass is 412 g/mol. The van der Waals surface area contributed by atoms with E-state index < -0.39 is 6.10 Å². The maximum absolute atomic E-state index is 13.5. The molecule has 30 heavy (non-hydrogen) atoms. The first-order chi connectivity index (χ1) is 14.5. The smallest absolute Gasteiger partial charge is 0.256 e. The van der Waals surface area contributed by atoms with Crippen molar-refractivity contribution in [3.05, 3.63) is 46.3 Å². The molecule has 2 aliphatic rings. The third-order valence-electron chi connectivity index (χ3n) is 6.73. The number of fused-ring (bicyclic) bond motifs is 1. The molecule has 1 N–H and O–H groups in total. The number of nitrogens with zero attached hydrogens (tertiary/aromatic N) is 2. The molecule has 1 aliphatic heterocycles. The third-order valence-corrected chi connectivity index (χ3v) is 6.73. The van der Waals surface area contributed by atoms with Crippen LogP contribution in [0.5, 0.6) is 11.5 Å². The second-order valence-corrected chi connectivity index (χ2v) is 8.51. The Labute approximate surface area is 178 Å². The third kappa shape index (κ3) is 3.47. The second-order valence-electron chi connectivity index (χ2n) is 8.51.